The van der Waals surface area contributed by atoms with E-state index in [2.05, 4.69) is 27.9 Å². The highest BCUT2D eigenvalue weighted by atomic mass is 31.2. The van der Waals surface area contributed by atoms with Crippen molar-refractivity contribution in [3.63, 3.8) is 0 Å². The van der Waals surface area contributed by atoms with Crippen LogP contribution in [0.15, 0.2) is 0 Å². The van der Waals surface area contributed by atoms with Gasteiger partial charge in [-0.05, 0) is 19.3 Å². The van der Waals surface area contributed by atoms with Crippen LogP contribution in [-0.4, -0.2) is 31.7 Å². The van der Waals surface area contributed by atoms with E-state index in [1.165, 1.54) is 68.9 Å². The minimum absolute atomic E-state index is 0. The molecule has 124 valence electrons. The molecule has 0 amide bonds. The fourth-order valence-electron chi connectivity index (χ4n) is 2.02. The van der Waals surface area contributed by atoms with E-state index in [1.54, 1.807) is 0 Å². The van der Waals surface area contributed by atoms with Gasteiger partial charge in [0.25, 0.3) is 0 Å². The Morgan fingerprint density at radius 3 is 1.60 bits per heavy atom. The molecule has 0 fully saturated rings. The van der Waals surface area contributed by atoms with E-state index < -0.39 is 7.82 Å². The SMILES string of the molecule is CCCCCCCC[N+](C)(C)CCCC.O=P([O-])([O-])[O-].[H+].[H+]. The van der Waals surface area contributed by atoms with Crippen LogP contribution >= 0.6 is 7.82 Å². The molecule has 0 aromatic carbocycles. The number of phosphoric acid groups is 1. The van der Waals surface area contributed by atoms with Gasteiger partial charge in [-0.25, -0.2) is 0 Å². The summed E-state index contributed by atoms with van der Waals surface area (Å²) in [5.74, 6) is 0. The van der Waals surface area contributed by atoms with Gasteiger partial charge in [0.15, 0.2) is 0 Å². The fourth-order valence-corrected chi connectivity index (χ4v) is 2.02. The Kier molecular flexibility index (Phi) is 14.3. The van der Waals surface area contributed by atoms with E-state index >= 15 is 0 Å². The second-order valence-electron chi connectivity index (χ2n) is 5.95. The smallest absolute Gasteiger partial charge is 0.822 e. The van der Waals surface area contributed by atoms with Crippen molar-refractivity contribution >= 4 is 7.82 Å². The Labute approximate surface area is 127 Å². The Morgan fingerprint density at radius 2 is 1.15 bits per heavy atom. The van der Waals surface area contributed by atoms with Crippen molar-refractivity contribution in [2.75, 3.05) is 27.2 Å². The fraction of sp³-hybridized carbons (Fsp3) is 1.00. The molecule has 0 saturated heterocycles. The first kappa shape index (κ1) is 22.4. The number of hydrogen-bond acceptors (Lipinski definition) is 4. The van der Waals surface area contributed by atoms with Gasteiger partial charge < -0.3 is 23.7 Å². The van der Waals surface area contributed by atoms with Crippen LogP contribution in [0.4, 0.5) is 0 Å². The van der Waals surface area contributed by atoms with Crippen molar-refractivity contribution in [1.29, 1.82) is 0 Å². The van der Waals surface area contributed by atoms with Crippen molar-refractivity contribution in [2.45, 2.75) is 65.2 Å². The molecule has 0 aromatic heterocycles. The molecule has 0 aromatic rings. The van der Waals surface area contributed by atoms with Gasteiger partial charge in [0.1, 0.15) is 0 Å². The van der Waals surface area contributed by atoms with Gasteiger partial charge in [0.2, 0.25) is 0 Å². The zero-order chi connectivity index (χ0) is 16.1. The number of rotatable bonds is 10. The lowest BCUT2D eigenvalue weighted by Crippen LogP contribution is -2.41. The van der Waals surface area contributed by atoms with E-state index in [9.17, 15) is 0 Å². The molecule has 0 N–H and O–H groups in total. The minimum atomic E-state index is -5.39. The Hall–Kier alpha value is 0.0700. The number of hydrogen-bond donors (Lipinski definition) is 0. The lowest BCUT2D eigenvalue weighted by molar-refractivity contribution is -0.890. The Bertz CT molecular complexity index is 255. The molecule has 6 heteroatoms. The molecule has 0 aliphatic rings. The average molecular weight is 311 g/mol. The molecular formula is C14H34NO4P. The van der Waals surface area contributed by atoms with Crippen LogP contribution in [-0.2, 0) is 4.57 Å². The molecule has 0 rings (SSSR count). The summed E-state index contributed by atoms with van der Waals surface area (Å²) in [5, 5.41) is 0. The summed E-state index contributed by atoms with van der Waals surface area (Å²) in [7, 11) is -0.636. The van der Waals surface area contributed by atoms with Crippen LogP contribution < -0.4 is 14.7 Å². The third-order valence-corrected chi connectivity index (χ3v) is 3.23. The zero-order valence-electron chi connectivity index (χ0n) is 15.6. The maximum Gasteiger partial charge on any atom is 1.00 e. The summed E-state index contributed by atoms with van der Waals surface area (Å²) in [4.78, 5) is 25.6. The lowest BCUT2D eigenvalue weighted by atomic mass is 10.1. The molecule has 0 aliphatic carbocycles. The van der Waals surface area contributed by atoms with E-state index in [0.29, 0.717) is 0 Å². The maximum absolute atomic E-state index is 8.55. The van der Waals surface area contributed by atoms with Crippen molar-refractivity contribution in [3.05, 3.63) is 0 Å². The number of nitrogens with zero attached hydrogens (tertiary/aromatic N) is 1. The molecule has 0 unspecified atom stereocenters. The van der Waals surface area contributed by atoms with Crippen LogP contribution in [0, 0.1) is 0 Å². The van der Waals surface area contributed by atoms with Gasteiger partial charge in [-0.1, -0.05) is 46.0 Å². The Morgan fingerprint density at radius 1 is 0.800 bits per heavy atom. The first-order valence-electron chi connectivity index (χ1n) is 7.67. The summed E-state index contributed by atoms with van der Waals surface area (Å²) < 4.78 is 9.77. The Balaban J connectivity index is -0.000000201. The summed E-state index contributed by atoms with van der Waals surface area (Å²) in [6.45, 7) is 7.28. The number of unbranched alkanes of at least 4 members (excludes halogenated alkanes) is 6. The van der Waals surface area contributed by atoms with Crippen molar-refractivity contribution in [3.8, 4) is 0 Å². The van der Waals surface area contributed by atoms with E-state index in [0.717, 1.165) is 0 Å². The third-order valence-electron chi connectivity index (χ3n) is 3.23. The summed E-state index contributed by atoms with van der Waals surface area (Å²) in [6.07, 6.45) is 11.2. The molecule has 0 spiro atoms. The van der Waals surface area contributed by atoms with Crippen molar-refractivity contribution < 1.29 is 26.6 Å². The molecule has 0 bridgehead atoms. The summed E-state index contributed by atoms with van der Waals surface area (Å²) >= 11 is 0. The first-order chi connectivity index (χ1) is 9.12. The van der Waals surface area contributed by atoms with Crippen LogP contribution in [0.5, 0.6) is 0 Å². The average Bonchev–Trinajstić information content (AvgIpc) is 2.29. The largest absolute Gasteiger partial charge is 1.00 e. The van der Waals surface area contributed by atoms with Gasteiger partial charge in [-0.2, -0.15) is 7.82 Å². The van der Waals surface area contributed by atoms with Gasteiger partial charge in [0, 0.05) is 0 Å². The van der Waals surface area contributed by atoms with Gasteiger partial charge in [0.05, 0.1) is 27.2 Å². The second-order valence-corrected chi connectivity index (χ2v) is 6.85. The minimum Gasteiger partial charge on any atom is -0.822 e. The molecule has 0 heterocycles. The maximum atomic E-state index is 8.55. The normalized spacial score (nSPS) is 11.9. The molecule has 5 nitrogen and oxygen atoms in total. The molecular weight excluding hydrogens is 277 g/mol. The van der Waals surface area contributed by atoms with Crippen molar-refractivity contribution in [2.24, 2.45) is 0 Å². The third kappa shape index (κ3) is 26.6. The molecule has 0 atom stereocenters. The van der Waals surface area contributed by atoms with E-state index in [-0.39, 0.29) is 2.85 Å². The van der Waals surface area contributed by atoms with Crippen LogP contribution in [0.25, 0.3) is 0 Å². The highest BCUT2D eigenvalue weighted by Gasteiger charge is 2.12. The topological polar surface area (TPSA) is 86.2 Å². The summed E-state index contributed by atoms with van der Waals surface area (Å²) in [5.41, 5.74) is 0. The predicted molar refractivity (Wildman–Crippen MR) is 80.0 cm³/mol. The zero-order valence-corrected chi connectivity index (χ0v) is 14.5. The highest BCUT2D eigenvalue weighted by molar-refractivity contribution is 7.40. The van der Waals surface area contributed by atoms with E-state index in [1.807, 2.05) is 0 Å². The summed E-state index contributed by atoms with van der Waals surface area (Å²) in [6, 6.07) is 0. The molecule has 0 saturated carbocycles. The lowest BCUT2D eigenvalue weighted by Gasteiger charge is -2.36. The van der Waals surface area contributed by atoms with Crippen LogP contribution in [0.2, 0.25) is 0 Å². The van der Waals surface area contributed by atoms with Gasteiger partial charge in [-0.15, -0.1) is 0 Å². The van der Waals surface area contributed by atoms with E-state index in [4.69, 9.17) is 19.2 Å². The van der Waals surface area contributed by atoms with Crippen LogP contribution in [0.3, 0.4) is 0 Å². The molecule has 20 heavy (non-hydrogen) atoms. The first-order valence-corrected chi connectivity index (χ1v) is 9.13. The molecule has 0 aliphatic heterocycles. The monoisotopic (exact) mass is 311 g/mol. The standard InChI is InChI=1S/C14H32N.H3O4P/c1-5-7-9-10-11-12-14-15(3,4)13-8-6-2;1-5(2,3)4/h5-14H2,1-4H3;(H3,1,2,3,4)/q+1;/p-1. The van der Waals surface area contributed by atoms with Crippen LogP contribution in [0.1, 0.15) is 68.1 Å². The predicted octanol–water partition coefficient (Wildman–Crippen LogP) is 1.62. The highest BCUT2D eigenvalue weighted by Crippen LogP contribution is 2.09. The molecule has 0 radical (unpaired) electrons. The quantitative estimate of drug-likeness (QED) is 0.348. The number of quaternary nitrogens is 1. The second kappa shape index (κ2) is 12.8. The van der Waals surface area contributed by atoms with Crippen molar-refractivity contribution in [1.82, 2.24) is 0 Å². The van der Waals surface area contributed by atoms with Gasteiger partial charge >= 0.3 is 2.85 Å². The van der Waals surface area contributed by atoms with Gasteiger partial charge in [-0.3, -0.25) is 0 Å².